The van der Waals surface area contributed by atoms with E-state index in [1.165, 1.54) is 20.0 Å². The third-order valence-electron chi connectivity index (χ3n) is 4.18. The molecule has 3 rings (SSSR count). The van der Waals surface area contributed by atoms with Crippen LogP contribution in [0, 0.1) is 5.92 Å². The van der Waals surface area contributed by atoms with Crippen LogP contribution in [-0.2, 0) is 9.59 Å². The van der Waals surface area contributed by atoms with Crippen LogP contribution in [-0.4, -0.2) is 51.6 Å². The number of rotatable bonds is 4. The molecule has 8 heteroatoms. The van der Waals surface area contributed by atoms with Crippen molar-refractivity contribution in [1.29, 1.82) is 0 Å². The van der Waals surface area contributed by atoms with Crippen molar-refractivity contribution < 1.29 is 14.3 Å². The summed E-state index contributed by atoms with van der Waals surface area (Å²) in [6.07, 6.45) is 4.72. The molecule has 0 spiro atoms. The maximum Gasteiger partial charge on any atom is 0.336 e. The Bertz CT molecular complexity index is 538. The average molecular weight is 293 g/mol. The van der Waals surface area contributed by atoms with E-state index >= 15 is 0 Å². The highest BCUT2D eigenvalue weighted by molar-refractivity contribution is 5.96. The molecule has 2 N–H and O–H groups in total. The second-order valence-electron chi connectivity index (χ2n) is 5.55. The lowest BCUT2D eigenvalue weighted by molar-refractivity contribution is -0.129. The molecule has 1 atom stereocenters. The molecule has 8 nitrogen and oxygen atoms in total. The van der Waals surface area contributed by atoms with Crippen LogP contribution in [0.25, 0.3) is 0 Å². The number of nitrogens with one attached hydrogen (secondary N) is 2. The first-order valence-electron chi connectivity index (χ1n) is 7.24. The quantitative estimate of drug-likeness (QED) is 0.844. The van der Waals surface area contributed by atoms with E-state index in [9.17, 15) is 9.59 Å². The van der Waals surface area contributed by atoms with E-state index < -0.39 is 0 Å². The van der Waals surface area contributed by atoms with Crippen molar-refractivity contribution in [3.05, 3.63) is 0 Å². The van der Waals surface area contributed by atoms with Crippen molar-refractivity contribution in [2.45, 2.75) is 38.1 Å². The zero-order valence-electron chi connectivity index (χ0n) is 12.0. The number of nitrogens with zero attached hydrogens (tertiary/aromatic N) is 3. The maximum absolute atomic E-state index is 12.2. The van der Waals surface area contributed by atoms with Gasteiger partial charge in [-0.15, -0.1) is 5.10 Å². The van der Waals surface area contributed by atoms with Gasteiger partial charge in [0.2, 0.25) is 17.8 Å². The molecule has 1 saturated heterocycles. The number of aromatic amines is 1. The molecule has 21 heavy (non-hydrogen) atoms. The molecule has 2 heterocycles. The SMILES string of the molecule is COc1n[nH]c(NC(=O)C2CC(=O)N(C3CCCC3)C2)n1. The summed E-state index contributed by atoms with van der Waals surface area (Å²) in [7, 11) is 1.45. The zero-order valence-corrected chi connectivity index (χ0v) is 12.0. The lowest BCUT2D eigenvalue weighted by atomic mass is 10.1. The fourth-order valence-electron chi connectivity index (χ4n) is 3.09. The summed E-state index contributed by atoms with van der Waals surface area (Å²) in [6, 6.07) is 0.487. The van der Waals surface area contributed by atoms with Crippen molar-refractivity contribution in [3.8, 4) is 6.01 Å². The highest BCUT2D eigenvalue weighted by atomic mass is 16.5. The molecule has 2 fully saturated rings. The number of hydrogen-bond donors (Lipinski definition) is 2. The topological polar surface area (TPSA) is 100 Å². The summed E-state index contributed by atoms with van der Waals surface area (Å²) in [4.78, 5) is 30.1. The van der Waals surface area contributed by atoms with Crippen LogP contribution < -0.4 is 10.1 Å². The predicted molar refractivity (Wildman–Crippen MR) is 73.6 cm³/mol. The van der Waals surface area contributed by atoms with Gasteiger partial charge in [0.05, 0.1) is 13.0 Å². The second kappa shape index (κ2) is 5.71. The number of ether oxygens (including phenoxy) is 1. The number of carbonyl (C=O) groups excluding carboxylic acids is 2. The van der Waals surface area contributed by atoms with E-state index in [4.69, 9.17) is 4.74 Å². The van der Waals surface area contributed by atoms with Crippen molar-refractivity contribution in [2.24, 2.45) is 5.92 Å². The molecule has 1 unspecified atom stereocenters. The van der Waals surface area contributed by atoms with Gasteiger partial charge in [-0.25, -0.2) is 5.10 Å². The first-order chi connectivity index (χ1) is 10.2. The Hall–Kier alpha value is -2.12. The van der Waals surface area contributed by atoms with Crippen LogP contribution in [0.4, 0.5) is 5.95 Å². The second-order valence-corrected chi connectivity index (χ2v) is 5.55. The van der Waals surface area contributed by atoms with Gasteiger partial charge >= 0.3 is 6.01 Å². The Morgan fingerprint density at radius 1 is 1.43 bits per heavy atom. The van der Waals surface area contributed by atoms with Crippen molar-refractivity contribution >= 4 is 17.8 Å². The smallest absolute Gasteiger partial charge is 0.336 e. The van der Waals surface area contributed by atoms with Crippen LogP contribution >= 0.6 is 0 Å². The standard InChI is InChI=1S/C13H19N5O3/c1-21-13-15-12(16-17-13)14-11(20)8-6-10(19)18(7-8)9-4-2-3-5-9/h8-9H,2-7H2,1H3,(H2,14,15,16,17,20). The van der Waals surface area contributed by atoms with Gasteiger partial charge in [0.1, 0.15) is 0 Å². The highest BCUT2D eigenvalue weighted by Gasteiger charge is 2.38. The highest BCUT2D eigenvalue weighted by Crippen LogP contribution is 2.29. The van der Waals surface area contributed by atoms with Gasteiger partial charge in [0, 0.05) is 19.0 Å². The molecule has 0 bridgehead atoms. The number of hydrogen-bond acceptors (Lipinski definition) is 5. The number of aromatic nitrogens is 3. The first-order valence-corrected chi connectivity index (χ1v) is 7.24. The Labute approximate surface area is 122 Å². The van der Waals surface area contributed by atoms with Crippen LogP contribution in [0.5, 0.6) is 6.01 Å². The third kappa shape index (κ3) is 2.84. The third-order valence-corrected chi connectivity index (χ3v) is 4.18. The van der Waals surface area contributed by atoms with Crippen LogP contribution in [0.3, 0.4) is 0 Å². The van der Waals surface area contributed by atoms with Crippen molar-refractivity contribution in [3.63, 3.8) is 0 Å². The van der Waals surface area contributed by atoms with Gasteiger partial charge in [0.25, 0.3) is 0 Å². The molecule has 1 aromatic heterocycles. The monoisotopic (exact) mass is 293 g/mol. The molecule has 0 radical (unpaired) electrons. The van der Waals surface area contributed by atoms with Crippen LogP contribution in [0.1, 0.15) is 32.1 Å². The minimum Gasteiger partial charge on any atom is -0.466 e. The molecular formula is C13H19N5O3. The molecule has 1 saturated carbocycles. The number of anilines is 1. The van der Waals surface area contributed by atoms with Crippen LogP contribution in [0.2, 0.25) is 0 Å². The zero-order chi connectivity index (χ0) is 14.8. The Morgan fingerprint density at radius 3 is 2.86 bits per heavy atom. The molecular weight excluding hydrogens is 274 g/mol. The Balaban J connectivity index is 1.59. The molecule has 2 amide bonds. The summed E-state index contributed by atoms with van der Waals surface area (Å²) in [6.45, 7) is 0.501. The summed E-state index contributed by atoms with van der Waals surface area (Å²) in [5.74, 6) is -0.210. The molecule has 1 aliphatic carbocycles. The lowest BCUT2D eigenvalue weighted by Crippen LogP contribution is -2.35. The van der Waals surface area contributed by atoms with E-state index in [0.29, 0.717) is 12.6 Å². The minimum absolute atomic E-state index is 0.0807. The molecule has 0 aromatic carbocycles. The first kappa shape index (κ1) is 13.8. The largest absolute Gasteiger partial charge is 0.466 e. The molecule has 2 aliphatic rings. The van der Waals surface area contributed by atoms with Crippen molar-refractivity contribution in [1.82, 2.24) is 20.1 Å². The summed E-state index contributed by atoms with van der Waals surface area (Å²) in [5.41, 5.74) is 0. The van der Waals surface area contributed by atoms with E-state index in [-0.39, 0.29) is 36.1 Å². The van der Waals surface area contributed by atoms with Gasteiger partial charge in [0.15, 0.2) is 0 Å². The number of methoxy groups -OCH3 is 1. The van der Waals surface area contributed by atoms with Gasteiger partial charge in [-0.1, -0.05) is 12.8 Å². The van der Waals surface area contributed by atoms with E-state index in [1.54, 1.807) is 0 Å². The predicted octanol–water partition coefficient (Wildman–Crippen LogP) is 0.543. The van der Waals surface area contributed by atoms with Crippen molar-refractivity contribution in [2.75, 3.05) is 19.0 Å². The number of carbonyl (C=O) groups is 2. The fraction of sp³-hybridized carbons (Fsp3) is 0.692. The van der Waals surface area contributed by atoms with Gasteiger partial charge in [-0.3, -0.25) is 14.9 Å². The van der Waals surface area contributed by atoms with Gasteiger partial charge < -0.3 is 9.64 Å². The number of amides is 2. The molecule has 114 valence electrons. The van der Waals surface area contributed by atoms with E-state index in [2.05, 4.69) is 20.5 Å². The Morgan fingerprint density at radius 2 is 2.19 bits per heavy atom. The Kier molecular flexibility index (Phi) is 3.76. The van der Waals surface area contributed by atoms with E-state index in [0.717, 1.165) is 12.8 Å². The molecule has 1 aromatic rings. The molecule has 1 aliphatic heterocycles. The maximum atomic E-state index is 12.2. The summed E-state index contributed by atoms with van der Waals surface area (Å²) >= 11 is 0. The van der Waals surface area contributed by atoms with E-state index in [1.807, 2.05) is 4.90 Å². The summed E-state index contributed by atoms with van der Waals surface area (Å²) < 4.78 is 4.84. The van der Waals surface area contributed by atoms with Gasteiger partial charge in [-0.05, 0) is 12.8 Å². The van der Waals surface area contributed by atoms with Gasteiger partial charge in [-0.2, -0.15) is 4.98 Å². The van der Waals surface area contributed by atoms with Crippen LogP contribution in [0.15, 0.2) is 0 Å². The number of likely N-dealkylation sites (tertiary alicyclic amines) is 1. The fourth-order valence-corrected chi connectivity index (χ4v) is 3.09. The lowest BCUT2D eigenvalue weighted by Gasteiger charge is -2.23. The summed E-state index contributed by atoms with van der Waals surface area (Å²) in [5, 5.41) is 8.97. The number of H-pyrrole nitrogens is 1. The normalized spacial score (nSPS) is 22.8. The minimum atomic E-state index is -0.325. The average Bonchev–Trinajstić information content (AvgIpc) is 3.17.